The van der Waals surface area contributed by atoms with Crippen LogP contribution in [-0.2, 0) is 0 Å². The molecule has 7 heteroatoms. The molecule has 7 nitrogen and oxygen atoms in total. The summed E-state index contributed by atoms with van der Waals surface area (Å²) in [6, 6.07) is 5.15. The maximum Gasteiger partial charge on any atom is 0.255 e. The molecule has 0 spiro atoms. The Morgan fingerprint density at radius 1 is 1.30 bits per heavy atom. The van der Waals surface area contributed by atoms with E-state index in [0.29, 0.717) is 41.7 Å². The van der Waals surface area contributed by atoms with Crippen LogP contribution >= 0.6 is 0 Å². The van der Waals surface area contributed by atoms with E-state index in [4.69, 9.17) is 10.2 Å². The summed E-state index contributed by atoms with van der Waals surface area (Å²) in [5.41, 5.74) is 5.56. The zero-order valence-corrected chi connectivity index (χ0v) is 12.4. The second-order valence-electron chi connectivity index (χ2n) is 5.68. The number of aromatic nitrogens is 4. The highest BCUT2D eigenvalue weighted by Gasteiger charge is 2.28. The lowest BCUT2D eigenvalue weighted by molar-refractivity contribution is 0.110. The van der Waals surface area contributed by atoms with Gasteiger partial charge in [0.25, 0.3) is 5.78 Å². The SMILES string of the molecule is Nc1cc(C#CC2(O)CCCC2)nc2nc(-c3ccco3)nn12. The normalized spacial score (nSPS) is 16.4. The summed E-state index contributed by atoms with van der Waals surface area (Å²) in [7, 11) is 0. The van der Waals surface area contributed by atoms with Gasteiger partial charge in [0.2, 0.25) is 5.82 Å². The fraction of sp³-hybridized carbons (Fsp3) is 0.312. The molecule has 1 fully saturated rings. The molecular formula is C16H15N5O2. The van der Waals surface area contributed by atoms with Crippen LogP contribution in [0.5, 0.6) is 0 Å². The molecule has 0 radical (unpaired) electrons. The van der Waals surface area contributed by atoms with Crippen molar-refractivity contribution >= 4 is 11.6 Å². The zero-order valence-electron chi connectivity index (χ0n) is 12.4. The Balaban J connectivity index is 1.74. The summed E-state index contributed by atoms with van der Waals surface area (Å²) >= 11 is 0. The first-order chi connectivity index (χ1) is 11.1. The third-order valence-corrected chi connectivity index (χ3v) is 3.94. The predicted molar refractivity (Wildman–Crippen MR) is 83.2 cm³/mol. The highest BCUT2D eigenvalue weighted by Crippen LogP contribution is 2.28. The molecule has 0 bridgehead atoms. The number of hydrogen-bond donors (Lipinski definition) is 2. The molecule has 4 rings (SSSR count). The van der Waals surface area contributed by atoms with Crippen LogP contribution in [0, 0.1) is 11.8 Å². The van der Waals surface area contributed by atoms with Gasteiger partial charge in [-0.15, -0.1) is 5.10 Å². The zero-order chi connectivity index (χ0) is 15.9. The van der Waals surface area contributed by atoms with E-state index in [1.54, 1.807) is 24.5 Å². The lowest BCUT2D eigenvalue weighted by Gasteiger charge is -2.12. The van der Waals surface area contributed by atoms with Crippen molar-refractivity contribution in [3.05, 3.63) is 30.2 Å². The molecule has 0 amide bonds. The van der Waals surface area contributed by atoms with Crippen molar-refractivity contribution in [3.8, 4) is 23.4 Å². The van der Waals surface area contributed by atoms with Gasteiger partial charge in [0.1, 0.15) is 17.1 Å². The summed E-state index contributed by atoms with van der Waals surface area (Å²) in [5, 5.41) is 14.6. The van der Waals surface area contributed by atoms with Crippen LogP contribution in [0.15, 0.2) is 28.9 Å². The van der Waals surface area contributed by atoms with Crippen molar-refractivity contribution in [2.75, 3.05) is 5.73 Å². The summed E-state index contributed by atoms with van der Waals surface area (Å²) in [6.07, 6.45) is 4.94. The quantitative estimate of drug-likeness (QED) is 0.662. The minimum atomic E-state index is -0.907. The van der Waals surface area contributed by atoms with Crippen LogP contribution in [0.25, 0.3) is 17.4 Å². The smallest absolute Gasteiger partial charge is 0.255 e. The van der Waals surface area contributed by atoms with E-state index in [1.807, 2.05) is 0 Å². The second kappa shape index (κ2) is 5.11. The topological polar surface area (TPSA) is 102 Å². The Morgan fingerprint density at radius 3 is 2.87 bits per heavy atom. The maximum absolute atomic E-state index is 10.3. The predicted octanol–water partition coefficient (Wildman–Crippen LogP) is 1.62. The number of rotatable bonds is 1. The number of furan rings is 1. The van der Waals surface area contributed by atoms with Crippen molar-refractivity contribution in [2.24, 2.45) is 0 Å². The summed E-state index contributed by atoms with van der Waals surface area (Å²) in [4.78, 5) is 8.65. The number of hydrogen-bond acceptors (Lipinski definition) is 6. The van der Waals surface area contributed by atoms with Gasteiger partial charge in [0.05, 0.1) is 6.26 Å². The molecule has 0 saturated heterocycles. The Labute approximate surface area is 132 Å². The molecule has 3 heterocycles. The van der Waals surface area contributed by atoms with Crippen LogP contribution in [0.1, 0.15) is 31.4 Å². The van der Waals surface area contributed by atoms with Gasteiger partial charge in [-0.1, -0.05) is 5.92 Å². The molecule has 3 aromatic rings. The van der Waals surface area contributed by atoms with Crippen LogP contribution in [-0.4, -0.2) is 30.3 Å². The summed E-state index contributed by atoms with van der Waals surface area (Å²) in [5.74, 6) is 7.50. The van der Waals surface area contributed by atoms with Gasteiger partial charge in [-0.2, -0.15) is 9.50 Å². The largest absolute Gasteiger partial charge is 0.461 e. The van der Waals surface area contributed by atoms with E-state index in [-0.39, 0.29) is 0 Å². The Hall–Kier alpha value is -2.85. The molecule has 3 aromatic heterocycles. The number of anilines is 1. The van der Waals surface area contributed by atoms with Gasteiger partial charge in [-0.3, -0.25) is 0 Å². The highest BCUT2D eigenvalue weighted by atomic mass is 16.3. The van der Waals surface area contributed by atoms with E-state index in [2.05, 4.69) is 26.9 Å². The maximum atomic E-state index is 10.3. The van der Waals surface area contributed by atoms with E-state index in [9.17, 15) is 5.11 Å². The average molecular weight is 309 g/mol. The molecule has 1 aliphatic carbocycles. The fourth-order valence-electron chi connectivity index (χ4n) is 2.73. The molecular weight excluding hydrogens is 294 g/mol. The average Bonchev–Trinajstić information content (AvgIpc) is 3.25. The van der Waals surface area contributed by atoms with Crippen molar-refractivity contribution in [2.45, 2.75) is 31.3 Å². The number of aliphatic hydroxyl groups is 1. The second-order valence-corrected chi connectivity index (χ2v) is 5.68. The van der Waals surface area contributed by atoms with Crippen molar-refractivity contribution in [1.29, 1.82) is 0 Å². The minimum absolute atomic E-state index is 0.346. The minimum Gasteiger partial charge on any atom is -0.461 e. The van der Waals surface area contributed by atoms with Gasteiger partial charge in [0, 0.05) is 6.07 Å². The number of nitrogens with zero attached hydrogens (tertiary/aromatic N) is 4. The van der Waals surface area contributed by atoms with Crippen molar-refractivity contribution in [1.82, 2.24) is 19.6 Å². The molecule has 1 saturated carbocycles. The number of fused-ring (bicyclic) bond motifs is 1. The molecule has 3 N–H and O–H groups in total. The lowest BCUT2D eigenvalue weighted by atomic mass is 10.0. The number of nitrogen functional groups attached to an aromatic ring is 1. The Bertz CT molecular complexity index is 911. The first kappa shape index (κ1) is 13.8. The van der Waals surface area contributed by atoms with Gasteiger partial charge in [0.15, 0.2) is 5.76 Å². The number of nitrogens with two attached hydrogens (primary N) is 1. The van der Waals surface area contributed by atoms with Crippen LogP contribution in [0.2, 0.25) is 0 Å². The molecule has 0 atom stereocenters. The van der Waals surface area contributed by atoms with Crippen LogP contribution in [0.3, 0.4) is 0 Å². The molecule has 116 valence electrons. The Morgan fingerprint density at radius 2 is 2.13 bits per heavy atom. The Kier molecular flexibility index (Phi) is 3.06. The first-order valence-electron chi connectivity index (χ1n) is 7.46. The van der Waals surface area contributed by atoms with E-state index >= 15 is 0 Å². The molecule has 0 aliphatic heterocycles. The monoisotopic (exact) mass is 309 g/mol. The fourth-order valence-corrected chi connectivity index (χ4v) is 2.73. The van der Waals surface area contributed by atoms with Crippen molar-refractivity contribution in [3.63, 3.8) is 0 Å². The summed E-state index contributed by atoms with van der Waals surface area (Å²) < 4.78 is 6.72. The molecule has 23 heavy (non-hydrogen) atoms. The van der Waals surface area contributed by atoms with E-state index in [1.165, 1.54) is 4.52 Å². The van der Waals surface area contributed by atoms with E-state index < -0.39 is 5.60 Å². The third-order valence-electron chi connectivity index (χ3n) is 3.94. The van der Waals surface area contributed by atoms with Crippen molar-refractivity contribution < 1.29 is 9.52 Å². The van der Waals surface area contributed by atoms with Gasteiger partial charge in [-0.25, -0.2) is 4.98 Å². The molecule has 0 aromatic carbocycles. The standard InChI is InChI=1S/C16H15N5O2/c17-13-10-11(5-8-16(22)6-1-2-7-16)18-15-19-14(20-21(13)15)12-4-3-9-23-12/h3-4,9-10,22H,1-2,6-7,17H2. The first-order valence-corrected chi connectivity index (χ1v) is 7.46. The van der Waals surface area contributed by atoms with E-state index in [0.717, 1.165) is 12.8 Å². The van der Waals surface area contributed by atoms with Gasteiger partial charge in [-0.05, 0) is 43.7 Å². The lowest BCUT2D eigenvalue weighted by Crippen LogP contribution is -2.20. The van der Waals surface area contributed by atoms with Gasteiger partial charge < -0.3 is 15.3 Å². The third kappa shape index (κ3) is 2.53. The van der Waals surface area contributed by atoms with Gasteiger partial charge >= 0.3 is 0 Å². The van der Waals surface area contributed by atoms with Crippen LogP contribution in [0.4, 0.5) is 5.82 Å². The molecule has 0 unspecified atom stereocenters. The summed E-state index contributed by atoms with van der Waals surface area (Å²) in [6.45, 7) is 0. The highest BCUT2D eigenvalue weighted by molar-refractivity contribution is 5.54. The van der Waals surface area contributed by atoms with Crippen LogP contribution < -0.4 is 5.73 Å². The molecule has 1 aliphatic rings.